The van der Waals surface area contributed by atoms with Gasteiger partial charge in [-0.1, -0.05) is 102 Å². The van der Waals surface area contributed by atoms with Crippen LogP contribution in [0, 0.1) is 0 Å². The summed E-state index contributed by atoms with van der Waals surface area (Å²) in [5, 5.41) is 11.5. The lowest BCUT2D eigenvalue weighted by atomic mass is 10.0. The molecule has 0 aromatic heterocycles. The molecule has 0 aliphatic heterocycles. The summed E-state index contributed by atoms with van der Waals surface area (Å²) in [4.78, 5) is 12.0. The Balaban J connectivity index is 2.04. The van der Waals surface area contributed by atoms with Crippen LogP contribution in [0.3, 0.4) is 0 Å². The van der Waals surface area contributed by atoms with E-state index in [1.165, 1.54) is 51.4 Å². The Morgan fingerprint density at radius 3 is 1.84 bits per heavy atom. The van der Waals surface area contributed by atoms with Crippen LogP contribution in [0.4, 0.5) is 0 Å². The van der Waals surface area contributed by atoms with Crippen LogP contribution in [0.15, 0.2) is 30.3 Å². The summed E-state index contributed by atoms with van der Waals surface area (Å²) in [5.41, 5.74) is 0.183. The highest BCUT2D eigenvalue weighted by atomic mass is 16.5. The highest BCUT2D eigenvalue weighted by Gasteiger charge is 2.19. The number of ether oxygens (including phenoxy) is 2. The zero-order valence-electron chi connectivity index (χ0n) is 19.5. The number of hydrogen-bond acceptors (Lipinski definition) is 3. The molecule has 1 N–H and O–H groups in total. The molecule has 4 nitrogen and oxygen atoms in total. The fourth-order valence-electron chi connectivity index (χ4n) is 3.87. The normalized spacial score (nSPS) is 11.0. The van der Waals surface area contributed by atoms with E-state index in [0.717, 1.165) is 36.5 Å². The zero-order chi connectivity index (χ0) is 22.3. The first-order chi connectivity index (χ1) is 15.2. The molecule has 0 saturated carbocycles. The first kappa shape index (κ1) is 25.0. The van der Waals surface area contributed by atoms with Crippen molar-refractivity contribution >= 4 is 16.7 Å². The number of aromatic carboxylic acids is 1. The fraction of sp³-hybridized carbons (Fsp3) is 0.593. The van der Waals surface area contributed by atoms with E-state index in [2.05, 4.69) is 13.8 Å². The van der Waals surface area contributed by atoms with E-state index in [1.807, 2.05) is 24.3 Å². The van der Waals surface area contributed by atoms with E-state index < -0.39 is 5.97 Å². The number of carboxylic acid groups (broad SMARTS) is 1. The molecule has 0 aliphatic carbocycles. The maximum atomic E-state index is 12.0. The second kappa shape index (κ2) is 14.7. The summed E-state index contributed by atoms with van der Waals surface area (Å²) < 4.78 is 12.1. The molecule has 0 heterocycles. The minimum absolute atomic E-state index is 0.183. The number of rotatable bonds is 17. The average Bonchev–Trinajstić information content (AvgIpc) is 2.78. The number of unbranched alkanes of at least 4 members (excludes halogenated alkanes) is 10. The first-order valence-corrected chi connectivity index (χ1v) is 12.2. The molecular formula is C27H40O4. The Morgan fingerprint density at radius 2 is 1.26 bits per heavy atom. The van der Waals surface area contributed by atoms with Crippen molar-refractivity contribution < 1.29 is 19.4 Å². The van der Waals surface area contributed by atoms with Crippen molar-refractivity contribution in [2.45, 2.75) is 90.9 Å². The van der Waals surface area contributed by atoms with Crippen LogP contribution in [0.2, 0.25) is 0 Å². The van der Waals surface area contributed by atoms with Crippen LogP contribution in [-0.4, -0.2) is 24.3 Å². The minimum Gasteiger partial charge on any atom is -0.493 e. The van der Waals surface area contributed by atoms with E-state index >= 15 is 0 Å². The van der Waals surface area contributed by atoms with E-state index in [0.29, 0.717) is 24.7 Å². The van der Waals surface area contributed by atoms with Gasteiger partial charge in [0.15, 0.2) is 0 Å². The van der Waals surface area contributed by atoms with E-state index in [4.69, 9.17) is 9.47 Å². The van der Waals surface area contributed by atoms with Crippen molar-refractivity contribution in [1.82, 2.24) is 0 Å². The van der Waals surface area contributed by atoms with Crippen molar-refractivity contribution in [3.05, 3.63) is 35.9 Å². The van der Waals surface area contributed by atoms with Gasteiger partial charge < -0.3 is 14.6 Å². The zero-order valence-corrected chi connectivity index (χ0v) is 19.5. The summed E-state index contributed by atoms with van der Waals surface area (Å²) in [6.07, 6.45) is 14.2. The van der Waals surface area contributed by atoms with Crippen LogP contribution in [0.5, 0.6) is 11.5 Å². The van der Waals surface area contributed by atoms with Gasteiger partial charge in [0.25, 0.3) is 0 Å². The fourth-order valence-corrected chi connectivity index (χ4v) is 3.87. The SMILES string of the molecule is CCCCCCCCOc1cc(C(=O)O)c(OCCCCCCCC)c2ccccc12. The third-order valence-electron chi connectivity index (χ3n) is 5.69. The Hall–Kier alpha value is -2.23. The van der Waals surface area contributed by atoms with Crippen LogP contribution in [0.1, 0.15) is 101 Å². The highest BCUT2D eigenvalue weighted by molar-refractivity contribution is 6.03. The Kier molecular flexibility index (Phi) is 11.9. The second-order valence-corrected chi connectivity index (χ2v) is 8.33. The lowest BCUT2D eigenvalue weighted by molar-refractivity contribution is 0.0692. The molecule has 0 atom stereocenters. The molecule has 0 aliphatic rings. The number of fused-ring (bicyclic) bond motifs is 1. The molecule has 31 heavy (non-hydrogen) atoms. The van der Waals surface area contributed by atoms with Gasteiger partial charge in [-0.05, 0) is 18.9 Å². The maximum absolute atomic E-state index is 12.0. The van der Waals surface area contributed by atoms with Crippen molar-refractivity contribution in [2.24, 2.45) is 0 Å². The standard InChI is InChI=1S/C27H40O4/c1-3-5-7-9-11-15-19-30-25-21-24(27(28)29)26(23-18-14-13-17-22(23)25)31-20-16-12-10-8-6-4-2/h13-14,17-18,21H,3-12,15-16,19-20H2,1-2H3,(H,28,29). The largest absolute Gasteiger partial charge is 0.493 e. The van der Waals surface area contributed by atoms with Crippen molar-refractivity contribution in [3.8, 4) is 11.5 Å². The van der Waals surface area contributed by atoms with Gasteiger partial charge in [0.05, 0.1) is 13.2 Å². The Labute approximate surface area is 187 Å². The molecule has 0 radical (unpaired) electrons. The van der Waals surface area contributed by atoms with Gasteiger partial charge >= 0.3 is 5.97 Å². The predicted molar refractivity (Wildman–Crippen MR) is 129 cm³/mol. The average molecular weight is 429 g/mol. The van der Waals surface area contributed by atoms with Gasteiger partial charge in [0.2, 0.25) is 0 Å². The lowest BCUT2D eigenvalue weighted by Crippen LogP contribution is -2.07. The van der Waals surface area contributed by atoms with Gasteiger partial charge in [-0.2, -0.15) is 0 Å². The van der Waals surface area contributed by atoms with Gasteiger partial charge in [-0.3, -0.25) is 0 Å². The summed E-state index contributed by atoms with van der Waals surface area (Å²) in [6.45, 7) is 5.57. The second-order valence-electron chi connectivity index (χ2n) is 8.33. The van der Waals surface area contributed by atoms with Crippen molar-refractivity contribution in [3.63, 3.8) is 0 Å². The number of carbonyl (C=O) groups is 1. The summed E-state index contributed by atoms with van der Waals surface area (Å²) in [5.74, 6) is 0.116. The van der Waals surface area contributed by atoms with E-state index in [9.17, 15) is 9.90 Å². The molecule has 0 amide bonds. The Morgan fingerprint density at radius 1 is 0.742 bits per heavy atom. The van der Waals surface area contributed by atoms with Crippen LogP contribution in [-0.2, 0) is 0 Å². The molecule has 172 valence electrons. The van der Waals surface area contributed by atoms with Crippen LogP contribution >= 0.6 is 0 Å². The van der Waals surface area contributed by atoms with Gasteiger partial charge in [0, 0.05) is 10.8 Å². The first-order valence-electron chi connectivity index (χ1n) is 12.2. The summed E-state index contributed by atoms with van der Waals surface area (Å²) in [7, 11) is 0. The molecule has 2 aromatic rings. The predicted octanol–water partition coefficient (Wildman–Crippen LogP) is 8.02. The third kappa shape index (κ3) is 8.43. The number of hydrogen-bond donors (Lipinski definition) is 1. The smallest absolute Gasteiger partial charge is 0.339 e. The van der Waals surface area contributed by atoms with E-state index in [1.54, 1.807) is 6.07 Å². The minimum atomic E-state index is -0.979. The molecular weight excluding hydrogens is 388 g/mol. The molecule has 0 bridgehead atoms. The molecule has 2 rings (SSSR count). The Bertz CT molecular complexity index is 784. The maximum Gasteiger partial charge on any atom is 0.339 e. The number of benzene rings is 2. The summed E-state index contributed by atoms with van der Waals surface area (Å²) >= 11 is 0. The topological polar surface area (TPSA) is 55.8 Å². The summed E-state index contributed by atoms with van der Waals surface area (Å²) in [6, 6.07) is 9.42. The molecule has 0 fully saturated rings. The molecule has 2 aromatic carbocycles. The van der Waals surface area contributed by atoms with Gasteiger partial charge in [0.1, 0.15) is 17.1 Å². The van der Waals surface area contributed by atoms with Crippen LogP contribution < -0.4 is 9.47 Å². The van der Waals surface area contributed by atoms with Gasteiger partial charge in [-0.15, -0.1) is 0 Å². The molecule has 4 heteroatoms. The van der Waals surface area contributed by atoms with E-state index in [-0.39, 0.29) is 5.56 Å². The molecule has 0 saturated heterocycles. The quantitative estimate of drug-likeness (QED) is 0.259. The lowest BCUT2D eigenvalue weighted by Gasteiger charge is -2.16. The molecule has 0 unspecified atom stereocenters. The van der Waals surface area contributed by atoms with Crippen LogP contribution in [0.25, 0.3) is 10.8 Å². The molecule has 0 spiro atoms. The van der Waals surface area contributed by atoms with Crippen molar-refractivity contribution in [2.75, 3.05) is 13.2 Å². The monoisotopic (exact) mass is 428 g/mol. The third-order valence-corrected chi connectivity index (χ3v) is 5.69. The highest BCUT2D eigenvalue weighted by Crippen LogP contribution is 2.37. The van der Waals surface area contributed by atoms with Crippen molar-refractivity contribution in [1.29, 1.82) is 0 Å². The number of carboxylic acids is 1. The van der Waals surface area contributed by atoms with Gasteiger partial charge in [-0.25, -0.2) is 4.79 Å².